The van der Waals surface area contributed by atoms with Crippen molar-refractivity contribution in [2.75, 3.05) is 32.4 Å². The summed E-state index contributed by atoms with van der Waals surface area (Å²) in [7, 11) is 2.12. The van der Waals surface area contributed by atoms with Crippen LogP contribution in [0.25, 0.3) is 0 Å². The second-order valence-corrected chi connectivity index (χ2v) is 6.70. The molecule has 1 N–H and O–H groups in total. The highest BCUT2D eigenvalue weighted by atomic mass is 32.2. The highest BCUT2D eigenvalue weighted by Gasteiger charge is 2.22. The van der Waals surface area contributed by atoms with Crippen molar-refractivity contribution in [3.63, 3.8) is 0 Å². The van der Waals surface area contributed by atoms with Crippen LogP contribution in [-0.4, -0.2) is 43.2 Å². The number of carbonyl (C=O) groups excluding carboxylic acids is 1. The lowest BCUT2D eigenvalue weighted by Gasteiger charge is -2.28. The van der Waals surface area contributed by atoms with Crippen molar-refractivity contribution < 1.29 is 4.79 Å². The molecule has 20 heavy (non-hydrogen) atoms. The molecule has 1 saturated heterocycles. The normalized spacial score (nSPS) is 17.1. The van der Waals surface area contributed by atoms with E-state index >= 15 is 0 Å². The quantitative estimate of drug-likeness (QED) is 0.668. The minimum atomic E-state index is 0.218. The third kappa shape index (κ3) is 4.84. The summed E-state index contributed by atoms with van der Waals surface area (Å²) in [5, 5.41) is 3.07. The molecule has 0 bridgehead atoms. The number of piperidine rings is 1. The van der Waals surface area contributed by atoms with Gasteiger partial charge in [0.05, 0.1) is 0 Å². The topological polar surface area (TPSA) is 32.3 Å². The van der Waals surface area contributed by atoms with Crippen molar-refractivity contribution >= 4 is 17.7 Å². The number of nitrogens with zero attached hydrogens (tertiary/aromatic N) is 1. The molecule has 1 heterocycles. The third-order valence-electron chi connectivity index (χ3n) is 3.78. The number of carbonyl (C=O) groups is 1. The molecule has 1 amide bonds. The van der Waals surface area contributed by atoms with Crippen LogP contribution in [0.15, 0.2) is 29.2 Å². The fourth-order valence-corrected chi connectivity index (χ4v) is 3.16. The predicted molar refractivity (Wildman–Crippen MR) is 85.1 cm³/mol. The molecule has 1 aromatic carbocycles. The number of rotatable bonds is 5. The summed E-state index contributed by atoms with van der Waals surface area (Å²) >= 11 is 1.80. The first kappa shape index (κ1) is 15.4. The van der Waals surface area contributed by atoms with Gasteiger partial charge in [-0.15, -0.1) is 11.8 Å². The molecule has 3 nitrogen and oxygen atoms in total. The molecule has 0 aliphatic carbocycles. The summed E-state index contributed by atoms with van der Waals surface area (Å²) in [6.45, 7) is 4.92. The van der Waals surface area contributed by atoms with E-state index in [1.165, 1.54) is 10.5 Å². The van der Waals surface area contributed by atoms with E-state index in [0.717, 1.165) is 38.2 Å². The Hall–Kier alpha value is -1.00. The first-order valence-electron chi connectivity index (χ1n) is 7.31. The van der Waals surface area contributed by atoms with Crippen molar-refractivity contribution in [2.24, 2.45) is 5.92 Å². The lowest BCUT2D eigenvalue weighted by molar-refractivity contribution is -0.126. The van der Waals surface area contributed by atoms with Crippen LogP contribution in [0.2, 0.25) is 0 Å². The maximum Gasteiger partial charge on any atom is 0.223 e. The van der Waals surface area contributed by atoms with E-state index in [0.29, 0.717) is 0 Å². The van der Waals surface area contributed by atoms with Gasteiger partial charge in [-0.05, 0) is 52.0 Å². The highest BCUT2D eigenvalue weighted by Crippen LogP contribution is 2.18. The zero-order valence-electron chi connectivity index (χ0n) is 12.4. The summed E-state index contributed by atoms with van der Waals surface area (Å²) in [4.78, 5) is 15.6. The van der Waals surface area contributed by atoms with Crippen molar-refractivity contribution in [2.45, 2.75) is 24.7 Å². The Bertz CT molecular complexity index is 425. The largest absolute Gasteiger partial charge is 0.355 e. The number of hydrogen-bond acceptors (Lipinski definition) is 3. The molecule has 1 fully saturated rings. The van der Waals surface area contributed by atoms with E-state index in [2.05, 4.69) is 48.5 Å². The summed E-state index contributed by atoms with van der Waals surface area (Å²) < 4.78 is 0. The lowest BCUT2D eigenvalue weighted by Crippen LogP contribution is -2.39. The molecule has 4 heteroatoms. The molecule has 1 aliphatic heterocycles. The third-order valence-corrected chi connectivity index (χ3v) is 4.79. The van der Waals surface area contributed by atoms with E-state index < -0.39 is 0 Å². The van der Waals surface area contributed by atoms with Gasteiger partial charge in [0.1, 0.15) is 0 Å². The van der Waals surface area contributed by atoms with E-state index in [-0.39, 0.29) is 11.8 Å². The average molecular weight is 292 g/mol. The minimum absolute atomic E-state index is 0.218. The van der Waals surface area contributed by atoms with Gasteiger partial charge in [-0.2, -0.15) is 0 Å². The number of hydrogen-bond donors (Lipinski definition) is 1. The molecule has 0 spiro atoms. The standard InChI is InChI=1S/C16H24N2OS/c1-13-3-5-15(6-4-13)20-12-9-17-16(19)14-7-10-18(2)11-8-14/h3-6,14H,7-12H2,1-2H3,(H,17,19). The van der Waals surface area contributed by atoms with Gasteiger partial charge in [0, 0.05) is 23.1 Å². The first-order valence-corrected chi connectivity index (χ1v) is 8.29. The molecular formula is C16H24N2OS. The predicted octanol–water partition coefficient (Wildman–Crippen LogP) is 2.55. The van der Waals surface area contributed by atoms with Gasteiger partial charge < -0.3 is 10.2 Å². The Morgan fingerprint density at radius 1 is 1.30 bits per heavy atom. The Labute approximate surface area is 126 Å². The van der Waals surface area contributed by atoms with Crippen molar-refractivity contribution in [1.29, 1.82) is 0 Å². The van der Waals surface area contributed by atoms with Gasteiger partial charge in [-0.25, -0.2) is 0 Å². The van der Waals surface area contributed by atoms with Crippen LogP contribution in [0, 0.1) is 12.8 Å². The second kappa shape index (κ2) is 7.70. The smallest absolute Gasteiger partial charge is 0.223 e. The fraction of sp³-hybridized carbons (Fsp3) is 0.562. The zero-order valence-corrected chi connectivity index (χ0v) is 13.2. The average Bonchev–Trinajstić information content (AvgIpc) is 2.46. The van der Waals surface area contributed by atoms with Crippen molar-refractivity contribution in [1.82, 2.24) is 10.2 Å². The van der Waals surface area contributed by atoms with Crippen molar-refractivity contribution in [3.8, 4) is 0 Å². The van der Waals surface area contributed by atoms with Crippen LogP contribution >= 0.6 is 11.8 Å². The molecule has 0 radical (unpaired) electrons. The van der Waals surface area contributed by atoms with Crippen LogP contribution in [0.5, 0.6) is 0 Å². The van der Waals surface area contributed by atoms with E-state index in [4.69, 9.17) is 0 Å². The molecule has 1 aliphatic rings. The maximum absolute atomic E-state index is 12.0. The SMILES string of the molecule is Cc1ccc(SCCNC(=O)C2CCN(C)CC2)cc1. The highest BCUT2D eigenvalue weighted by molar-refractivity contribution is 7.99. The molecule has 0 atom stereocenters. The number of benzene rings is 1. The van der Waals surface area contributed by atoms with Gasteiger partial charge in [0.2, 0.25) is 5.91 Å². The van der Waals surface area contributed by atoms with Gasteiger partial charge >= 0.3 is 0 Å². The Morgan fingerprint density at radius 3 is 2.60 bits per heavy atom. The van der Waals surface area contributed by atoms with Crippen LogP contribution in [0.3, 0.4) is 0 Å². The van der Waals surface area contributed by atoms with E-state index in [1.807, 2.05) is 0 Å². The van der Waals surface area contributed by atoms with Gasteiger partial charge in [0.25, 0.3) is 0 Å². The fourth-order valence-electron chi connectivity index (χ4n) is 2.39. The van der Waals surface area contributed by atoms with Crippen molar-refractivity contribution in [3.05, 3.63) is 29.8 Å². The Morgan fingerprint density at radius 2 is 1.95 bits per heavy atom. The van der Waals surface area contributed by atoms with Gasteiger partial charge in [0.15, 0.2) is 0 Å². The van der Waals surface area contributed by atoms with Crippen LogP contribution in [0.1, 0.15) is 18.4 Å². The molecule has 110 valence electrons. The molecular weight excluding hydrogens is 268 g/mol. The summed E-state index contributed by atoms with van der Waals surface area (Å²) in [6, 6.07) is 8.52. The first-order chi connectivity index (χ1) is 9.65. The van der Waals surface area contributed by atoms with E-state index in [1.54, 1.807) is 11.8 Å². The van der Waals surface area contributed by atoms with Crippen LogP contribution in [-0.2, 0) is 4.79 Å². The summed E-state index contributed by atoms with van der Waals surface area (Å²) in [6.07, 6.45) is 1.99. The monoisotopic (exact) mass is 292 g/mol. The van der Waals surface area contributed by atoms with E-state index in [9.17, 15) is 4.79 Å². The van der Waals surface area contributed by atoms with Crippen LogP contribution < -0.4 is 5.32 Å². The number of nitrogens with one attached hydrogen (secondary N) is 1. The minimum Gasteiger partial charge on any atom is -0.355 e. The maximum atomic E-state index is 12.0. The number of amides is 1. The van der Waals surface area contributed by atoms with Gasteiger partial charge in [-0.3, -0.25) is 4.79 Å². The molecule has 0 unspecified atom stereocenters. The number of aryl methyl sites for hydroxylation is 1. The second-order valence-electron chi connectivity index (χ2n) is 5.53. The number of likely N-dealkylation sites (tertiary alicyclic amines) is 1. The summed E-state index contributed by atoms with van der Waals surface area (Å²) in [5.74, 6) is 1.39. The van der Waals surface area contributed by atoms with Crippen LogP contribution in [0.4, 0.5) is 0 Å². The van der Waals surface area contributed by atoms with Gasteiger partial charge in [-0.1, -0.05) is 17.7 Å². The Balaban J connectivity index is 1.63. The Kier molecular flexibility index (Phi) is 5.92. The lowest BCUT2D eigenvalue weighted by atomic mass is 9.96. The summed E-state index contributed by atoms with van der Waals surface area (Å²) in [5.41, 5.74) is 1.28. The molecule has 0 saturated carbocycles. The molecule has 0 aromatic heterocycles. The zero-order chi connectivity index (χ0) is 14.4. The number of thioether (sulfide) groups is 1. The molecule has 1 aromatic rings. The molecule has 2 rings (SSSR count).